The Labute approximate surface area is 211 Å². The summed E-state index contributed by atoms with van der Waals surface area (Å²) in [7, 11) is 0. The topological polar surface area (TPSA) is 106 Å². The van der Waals surface area contributed by atoms with Crippen LogP contribution in [0.5, 0.6) is 0 Å². The van der Waals surface area contributed by atoms with Gasteiger partial charge in [-0.15, -0.1) is 14.8 Å². The highest BCUT2D eigenvalue weighted by Crippen LogP contribution is 2.25. The fourth-order valence-electron chi connectivity index (χ4n) is 4.61. The van der Waals surface area contributed by atoms with Crippen molar-refractivity contribution < 1.29 is 9.18 Å². The Kier molecular flexibility index (Phi) is 6.01. The molecule has 1 aliphatic heterocycles. The van der Waals surface area contributed by atoms with Crippen molar-refractivity contribution in [3.63, 3.8) is 0 Å². The van der Waals surface area contributed by atoms with Crippen molar-refractivity contribution in [2.75, 3.05) is 18.0 Å². The SMILES string of the molecule is O=C(NCc1cn(-c2ccccc2)nc1-c1ccc(F)cc1)C1CCN(c2ccc3nnnn3n2)CC1. The molecule has 10 nitrogen and oxygen atoms in total. The van der Waals surface area contributed by atoms with Gasteiger partial charge in [-0.05, 0) is 71.8 Å². The molecule has 0 atom stereocenters. The Morgan fingerprint density at radius 1 is 0.973 bits per heavy atom. The number of hydrogen-bond acceptors (Lipinski definition) is 7. The van der Waals surface area contributed by atoms with Gasteiger partial charge in [0.25, 0.3) is 0 Å². The number of carbonyl (C=O) groups excluding carboxylic acids is 1. The molecule has 186 valence electrons. The number of rotatable bonds is 6. The van der Waals surface area contributed by atoms with Crippen molar-refractivity contribution >= 4 is 17.4 Å². The fourth-order valence-corrected chi connectivity index (χ4v) is 4.61. The number of para-hydroxylation sites is 1. The third-order valence-corrected chi connectivity index (χ3v) is 6.63. The van der Waals surface area contributed by atoms with Gasteiger partial charge in [0.1, 0.15) is 5.82 Å². The van der Waals surface area contributed by atoms with Crippen LogP contribution in [0.3, 0.4) is 0 Å². The molecule has 4 heterocycles. The molecule has 0 saturated carbocycles. The second-order valence-electron chi connectivity index (χ2n) is 8.99. The number of benzene rings is 2. The van der Waals surface area contributed by atoms with Crippen LogP contribution < -0.4 is 10.2 Å². The molecule has 1 fully saturated rings. The summed E-state index contributed by atoms with van der Waals surface area (Å²) in [6.45, 7) is 1.76. The molecule has 1 saturated heterocycles. The van der Waals surface area contributed by atoms with Gasteiger partial charge >= 0.3 is 0 Å². The Morgan fingerprint density at radius 3 is 2.54 bits per heavy atom. The van der Waals surface area contributed by atoms with Crippen LogP contribution in [0, 0.1) is 11.7 Å². The van der Waals surface area contributed by atoms with E-state index >= 15 is 0 Å². The number of nitrogens with zero attached hydrogens (tertiary/aromatic N) is 8. The maximum Gasteiger partial charge on any atom is 0.223 e. The largest absolute Gasteiger partial charge is 0.355 e. The highest BCUT2D eigenvalue weighted by Gasteiger charge is 2.26. The zero-order valence-corrected chi connectivity index (χ0v) is 19.9. The maximum atomic E-state index is 13.5. The first-order valence-corrected chi connectivity index (χ1v) is 12.1. The normalized spacial score (nSPS) is 14.2. The minimum Gasteiger partial charge on any atom is -0.355 e. The Morgan fingerprint density at radius 2 is 1.76 bits per heavy atom. The fraction of sp³-hybridized carbons (Fsp3) is 0.231. The van der Waals surface area contributed by atoms with Crippen LogP contribution in [0.2, 0.25) is 0 Å². The predicted octanol–water partition coefficient (Wildman–Crippen LogP) is 3.04. The number of carbonyl (C=O) groups is 1. The van der Waals surface area contributed by atoms with Crippen LogP contribution >= 0.6 is 0 Å². The first-order valence-electron chi connectivity index (χ1n) is 12.1. The van der Waals surface area contributed by atoms with Crippen LogP contribution in [-0.2, 0) is 11.3 Å². The van der Waals surface area contributed by atoms with Crippen molar-refractivity contribution in [2.24, 2.45) is 5.92 Å². The van der Waals surface area contributed by atoms with Gasteiger partial charge in [-0.2, -0.15) is 5.10 Å². The highest BCUT2D eigenvalue weighted by molar-refractivity contribution is 5.79. The summed E-state index contributed by atoms with van der Waals surface area (Å²) in [4.78, 5) is 15.2. The summed E-state index contributed by atoms with van der Waals surface area (Å²) in [5, 5.41) is 23.6. The minimum absolute atomic E-state index is 0.0149. The first kappa shape index (κ1) is 22.8. The Hall–Kier alpha value is -4.67. The Bertz CT molecular complexity index is 1520. The van der Waals surface area contributed by atoms with E-state index in [2.05, 4.69) is 30.8 Å². The molecule has 0 bridgehead atoms. The van der Waals surface area contributed by atoms with Gasteiger partial charge in [0.15, 0.2) is 11.5 Å². The maximum absolute atomic E-state index is 13.5. The van der Waals surface area contributed by atoms with Crippen molar-refractivity contribution in [3.05, 3.63) is 84.3 Å². The number of halogens is 1. The summed E-state index contributed by atoms with van der Waals surface area (Å²) in [6.07, 6.45) is 3.35. The molecule has 1 N–H and O–H groups in total. The van der Waals surface area contributed by atoms with Gasteiger partial charge in [0, 0.05) is 42.9 Å². The molecule has 3 aromatic heterocycles. The quantitative estimate of drug-likeness (QED) is 0.384. The zero-order chi connectivity index (χ0) is 25.2. The van der Waals surface area contributed by atoms with Gasteiger partial charge in [0.05, 0.1) is 11.4 Å². The molecule has 1 aliphatic rings. The smallest absolute Gasteiger partial charge is 0.223 e. The van der Waals surface area contributed by atoms with E-state index in [4.69, 9.17) is 5.10 Å². The van der Waals surface area contributed by atoms with Crippen molar-refractivity contribution in [3.8, 4) is 16.9 Å². The molecule has 1 amide bonds. The number of piperidine rings is 1. The molecule has 2 aromatic carbocycles. The molecule has 0 aliphatic carbocycles. The van der Waals surface area contributed by atoms with Crippen LogP contribution in [0.15, 0.2) is 72.9 Å². The predicted molar refractivity (Wildman–Crippen MR) is 134 cm³/mol. The number of tetrazole rings is 1. The van der Waals surface area contributed by atoms with E-state index in [1.54, 1.807) is 16.8 Å². The second-order valence-corrected chi connectivity index (χ2v) is 8.99. The van der Waals surface area contributed by atoms with Crippen LogP contribution in [0.1, 0.15) is 18.4 Å². The Balaban J connectivity index is 1.13. The monoisotopic (exact) mass is 497 g/mol. The molecular weight excluding hydrogens is 473 g/mol. The summed E-state index contributed by atoms with van der Waals surface area (Å²) in [6, 6.07) is 19.7. The van der Waals surface area contributed by atoms with Crippen LogP contribution in [-0.4, -0.2) is 54.0 Å². The second kappa shape index (κ2) is 9.76. The number of anilines is 1. The van der Waals surface area contributed by atoms with Gasteiger partial charge in [-0.3, -0.25) is 4.79 Å². The zero-order valence-electron chi connectivity index (χ0n) is 19.9. The lowest BCUT2D eigenvalue weighted by Crippen LogP contribution is -2.40. The van der Waals surface area contributed by atoms with Gasteiger partial charge in [-0.1, -0.05) is 18.2 Å². The standard InChI is InChI=1S/C26H24FN9O/c27-21-8-6-18(7-9-21)25-20(17-35(31-25)22-4-2-1-3-5-22)16-28-26(37)19-12-14-34(15-13-19)24-11-10-23-29-32-33-36(23)30-24/h1-11,17,19H,12-16H2,(H,28,37). The minimum atomic E-state index is -0.305. The molecule has 11 heteroatoms. The molecule has 37 heavy (non-hydrogen) atoms. The van der Waals surface area contributed by atoms with E-state index in [9.17, 15) is 9.18 Å². The first-order chi connectivity index (χ1) is 18.1. The number of nitrogens with one attached hydrogen (secondary N) is 1. The molecular formula is C26H24FN9O. The van der Waals surface area contributed by atoms with Gasteiger partial charge in [0.2, 0.25) is 5.91 Å². The molecule has 0 radical (unpaired) electrons. The van der Waals surface area contributed by atoms with E-state index in [0.717, 1.165) is 35.5 Å². The van der Waals surface area contributed by atoms with E-state index in [0.29, 0.717) is 31.0 Å². The number of hydrogen-bond donors (Lipinski definition) is 1. The lowest BCUT2D eigenvalue weighted by Gasteiger charge is -2.31. The average molecular weight is 498 g/mol. The van der Waals surface area contributed by atoms with Crippen molar-refractivity contribution in [2.45, 2.75) is 19.4 Å². The average Bonchev–Trinajstić information content (AvgIpc) is 3.60. The third-order valence-electron chi connectivity index (χ3n) is 6.63. The summed E-state index contributed by atoms with van der Waals surface area (Å²) in [5.74, 6) is 0.406. The molecule has 6 rings (SSSR count). The van der Waals surface area contributed by atoms with E-state index in [1.807, 2.05) is 48.7 Å². The van der Waals surface area contributed by atoms with Crippen molar-refractivity contribution in [1.29, 1.82) is 0 Å². The van der Waals surface area contributed by atoms with Crippen molar-refractivity contribution in [1.82, 2.24) is 40.4 Å². The molecule has 0 unspecified atom stereocenters. The molecule has 5 aromatic rings. The van der Waals surface area contributed by atoms with E-state index in [-0.39, 0.29) is 17.6 Å². The molecule has 0 spiro atoms. The van der Waals surface area contributed by atoms with Gasteiger partial charge < -0.3 is 10.2 Å². The summed E-state index contributed by atoms with van der Waals surface area (Å²) in [5.41, 5.74) is 3.86. The highest BCUT2D eigenvalue weighted by atomic mass is 19.1. The van der Waals surface area contributed by atoms with E-state index < -0.39 is 0 Å². The number of amides is 1. The lowest BCUT2D eigenvalue weighted by atomic mass is 9.95. The van der Waals surface area contributed by atoms with Crippen LogP contribution in [0.4, 0.5) is 10.2 Å². The van der Waals surface area contributed by atoms with Crippen LogP contribution in [0.25, 0.3) is 22.6 Å². The lowest BCUT2D eigenvalue weighted by molar-refractivity contribution is -0.125. The summed E-state index contributed by atoms with van der Waals surface area (Å²) < 4.78 is 16.7. The van der Waals surface area contributed by atoms with E-state index in [1.165, 1.54) is 16.8 Å². The number of aromatic nitrogens is 7. The third kappa shape index (κ3) is 4.75. The number of fused-ring (bicyclic) bond motifs is 1. The summed E-state index contributed by atoms with van der Waals surface area (Å²) >= 11 is 0. The van der Waals surface area contributed by atoms with Gasteiger partial charge in [-0.25, -0.2) is 9.07 Å².